The Morgan fingerprint density at radius 3 is 2.81 bits per heavy atom. The minimum absolute atomic E-state index is 0.0502. The van der Waals surface area contributed by atoms with E-state index in [1.165, 1.54) is 5.56 Å². The highest BCUT2D eigenvalue weighted by molar-refractivity contribution is 5.84. The number of carbonyl (C=O) groups is 1. The summed E-state index contributed by atoms with van der Waals surface area (Å²) in [4.78, 5) is 21.5. The number of urea groups is 1. The van der Waals surface area contributed by atoms with E-state index in [0.29, 0.717) is 19.6 Å². The maximum absolute atomic E-state index is 12.4. The highest BCUT2D eigenvalue weighted by atomic mass is 16.5. The Kier molecular flexibility index (Phi) is 5.73. The number of pyridine rings is 1. The van der Waals surface area contributed by atoms with Gasteiger partial charge in [-0.25, -0.2) is 4.79 Å². The van der Waals surface area contributed by atoms with Gasteiger partial charge in [0.2, 0.25) is 0 Å². The Morgan fingerprint density at radius 2 is 2.08 bits per heavy atom. The molecule has 6 nitrogen and oxygen atoms in total. The molecule has 0 radical (unpaired) electrons. The number of benzene rings is 1. The molecule has 3 rings (SSSR count). The molecule has 0 unspecified atom stereocenters. The van der Waals surface area contributed by atoms with Crippen molar-refractivity contribution in [3.63, 3.8) is 0 Å². The van der Waals surface area contributed by atoms with Gasteiger partial charge in [-0.2, -0.15) is 0 Å². The van der Waals surface area contributed by atoms with Gasteiger partial charge in [0, 0.05) is 55.2 Å². The second-order valence-electron chi connectivity index (χ2n) is 6.08. The average Bonchev–Trinajstić information content (AvgIpc) is 3.09. The summed E-state index contributed by atoms with van der Waals surface area (Å²) in [7, 11) is 1.66. The first-order valence-electron chi connectivity index (χ1n) is 8.77. The molecule has 0 aliphatic rings. The molecule has 136 valence electrons. The molecule has 0 saturated carbocycles. The van der Waals surface area contributed by atoms with E-state index in [4.69, 9.17) is 4.74 Å². The van der Waals surface area contributed by atoms with Crippen LogP contribution < -0.4 is 10.1 Å². The lowest BCUT2D eigenvalue weighted by Gasteiger charge is -2.21. The first kappa shape index (κ1) is 17.8. The van der Waals surface area contributed by atoms with Gasteiger partial charge in [-0.3, -0.25) is 4.98 Å². The van der Waals surface area contributed by atoms with Crippen molar-refractivity contribution in [3.05, 3.63) is 60.0 Å². The summed E-state index contributed by atoms with van der Waals surface area (Å²) < 4.78 is 5.25. The highest BCUT2D eigenvalue weighted by Crippen LogP contribution is 2.23. The van der Waals surface area contributed by atoms with E-state index >= 15 is 0 Å². The van der Waals surface area contributed by atoms with Crippen LogP contribution in [0.1, 0.15) is 18.1 Å². The molecule has 6 heteroatoms. The second kappa shape index (κ2) is 8.38. The molecule has 0 aliphatic heterocycles. The Balaban J connectivity index is 1.56. The van der Waals surface area contributed by atoms with Crippen molar-refractivity contribution in [2.24, 2.45) is 0 Å². The van der Waals surface area contributed by atoms with E-state index in [2.05, 4.69) is 15.3 Å². The number of H-pyrrole nitrogens is 1. The Morgan fingerprint density at radius 1 is 1.27 bits per heavy atom. The molecule has 2 aromatic heterocycles. The standard InChI is InChI=1S/C20H24N4O2/c1-3-24(14-15-6-9-21-10-7-15)20(25)22-11-8-16-13-23-19-12-17(26-2)4-5-18(16)19/h4-7,9-10,12-13,23H,3,8,11,14H2,1-2H3,(H,22,25). The third-order valence-corrected chi connectivity index (χ3v) is 4.44. The fourth-order valence-corrected chi connectivity index (χ4v) is 2.95. The second-order valence-corrected chi connectivity index (χ2v) is 6.08. The van der Waals surface area contributed by atoms with Crippen LogP contribution in [0.2, 0.25) is 0 Å². The SMILES string of the molecule is CCN(Cc1ccncc1)C(=O)NCCc1c[nH]c2cc(OC)ccc12. The van der Waals surface area contributed by atoms with Crippen LogP contribution in [0.25, 0.3) is 10.9 Å². The molecule has 0 aliphatic carbocycles. The van der Waals surface area contributed by atoms with Gasteiger partial charge in [-0.1, -0.05) is 0 Å². The molecule has 0 saturated heterocycles. The zero-order valence-corrected chi connectivity index (χ0v) is 15.2. The fourth-order valence-electron chi connectivity index (χ4n) is 2.95. The number of hydrogen-bond acceptors (Lipinski definition) is 3. The lowest BCUT2D eigenvalue weighted by atomic mass is 10.1. The summed E-state index contributed by atoms with van der Waals surface area (Å²) >= 11 is 0. The summed E-state index contributed by atoms with van der Waals surface area (Å²) in [5, 5.41) is 4.17. The van der Waals surface area contributed by atoms with Crippen molar-refractivity contribution in [2.45, 2.75) is 19.9 Å². The first-order chi connectivity index (χ1) is 12.7. The van der Waals surface area contributed by atoms with Gasteiger partial charge in [-0.15, -0.1) is 0 Å². The van der Waals surface area contributed by atoms with Crippen LogP contribution in [0.4, 0.5) is 4.79 Å². The number of methoxy groups -OCH3 is 1. The normalized spacial score (nSPS) is 10.7. The van der Waals surface area contributed by atoms with Gasteiger partial charge in [0.1, 0.15) is 5.75 Å². The molecule has 3 aromatic rings. The lowest BCUT2D eigenvalue weighted by Crippen LogP contribution is -2.40. The van der Waals surface area contributed by atoms with Crippen LogP contribution in [0.15, 0.2) is 48.9 Å². The van der Waals surface area contributed by atoms with Gasteiger partial charge in [0.15, 0.2) is 0 Å². The predicted octanol–water partition coefficient (Wildman–Crippen LogP) is 3.35. The smallest absolute Gasteiger partial charge is 0.317 e. The van der Waals surface area contributed by atoms with Crippen LogP contribution in [0.3, 0.4) is 0 Å². The third-order valence-electron chi connectivity index (χ3n) is 4.44. The van der Waals surface area contributed by atoms with Crippen molar-refractivity contribution in [1.29, 1.82) is 0 Å². The topological polar surface area (TPSA) is 70.2 Å². The highest BCUT2D eigenvalue weighted by Gasteiger charge is 2.12. The maximum Gasteiger partial charge on any atom is 0.317 e. The zero-order chi connectivity index (χ0) is 18.4. The Bertz CT molecular complexity index is 861. The van der Waals surface area contributed by atoms with E-state index in [-0.39, 0.29) is 6.03 Å². The van der Waals surface area contributed by atoms with E-state index in [0.717, 1.165) is 28.6 Å². The number of nitrogens with one attached hydrogen (secondary N) is 2. The Hall–Kier alpha value is -3.02. The summed E-state index contributed by atoms with van der Waals surface area (Å²) in [5.74, 6) is 0.828. The van der Waals surface area contributed by atoms with Gasteiger partial charge in [0.25, 0.3) is 0 Å². The van der Waals surface area contributed by atoms with Crippen LogP contribution in [-0.4, -0.2) is 41.1 Å². The summed E-state index contributed by atoms with van der Waals surface area (Å²) in [6.07, 6.45) is 6.25. The van der Waals surface area contributed by atoms with E-state index in [9.17, 15) is 4.79 Å². The van der Waals surface area contributed by atoms with E-state index < -0.39 is 0 Å². The monoisotopic (exact) mass is 352 g/mol. The number of ether oxygens (including phenoxy) is 1. The van der Waals surface area contributed by atoms with Crippen molar-refractivity contribution >= 4 is 16.9 Å². The van der Waals surface area contributed by atoms with Gasteiger partial charge < -0.3 is 19.9 Å². The van der Waals surface area contributed by atoms with Gasteiger partial charge in [0.05, 0.1) is 7.11 Å². The summed E-state index contributed by atoms with van der Waals surface area (Å²) in [5.41, 5.74) is 3.29. The van der Waals surface area contributed by atoms with Crippen molar-refractivity contribution < 1.29 is 9.53 Å². The predicted molar refractivity (Wildman–Crippen MR) is 102 cm³/mol. The average molecular weight is 352 g/mol. The molecule has 0 bridgehead atoms. The number of hydrogen-bond donors (Lipinski definition) is 2. The zero-order valence-electron chi connectivity index (χ0n) is 15.2. The number of amides is 2. The van der Waals surface area contributed by atoms with Crippen LogP contribution in [0, 0.1) is 0 Å². The molecular weight excluding hydrogens is 328 g/mol. The van der Waals surface area contributed by atoms with Crippen LogP contribution in [-0.2, 0) is 13.0 Å². The van der Waals surface area contributed by atoms with E-state index in [1.807, 2.05) is 43.5 Å². The minimum Gasteiger partial charge on any atom is -0.497 e. The van der Waals surface area contributed by atoms with Crippen molar-refractivity contribution in [2.75, 3.05) is 20.2 Å². The lowest BCUT2D eigenvalue weighted by molar-refractivity contribution is 0.198. The summed E-state index contributed by atoms with van der Waals surface area (Å²) in [6, 6.07) is 9.78. The maximum atomic E-state index is 12.4. The Labute approximate surface area is 153 Å². The number of aromatic amines is 1. The number of fused-ring (bicyclic) bond motifs is 1. The van der Waals surface area contributed by atoms with Crippen molar-refractivity contribution in [3.8, 4) is 5.75 Å². The van der Waals surface area contributed by atoms with Gasteiger partial charge in [-0.05, 0) is 48.7 Å². The molecule has 0 fully saturated rings. The van der Waals surface area contributed by atoms with E-state index in [1.54, 1.807) is 24.4 Å². The first-order valence-corrected chi connectivity index (χ1v) is 8.77. The molecule has 0 spiro atoms. The van der Waals surface area contributed by atoms with Crippen LogP contribution >= 0.6 is 0 Å². The molecule has 26 heavy (non-hydrogen) atoms. The largest absolute Gasteiger partial charge is 0.497 e. The number of carbonyl (C=O) groups excluding carboxylic acids is 1. The van der Waals surface area contributed by atoms with Crippen molar-refractivity contribution in [1.82, 2.24) is 20.2 Å². The minimum atomic E-state index is -0.0502. The molecule has 2 N–H and O–H groups in total. The third kappa shape index (κ3) is 4.14. The molecule has 2 amide bonds. The quantitative estimate of drug-likeness (QED) is 0.685. The molecule has 2 heterocycles. The molecule has 1 aromatic carbocycles. The van der Waals surface area contributed by atoms with Gasteiger partial charge >= 0.3 is 6.03 Å². The molecular formula is C20H24N4O2. The summed E-state index contributed by atoms with van der Waals surface area (Å²) in [6.45, 7) is 3.80. The molecule has 0 atom stereocenters. The number of aromatic nitrogens is 2. The fraction of sp³-hybridized carbons (Fsp3) is 0.300. The van der Waals surface area contributed by atoms with Crippen LogP contribution in [0.5, 0.6) is 5.75 Å². The number of nitrogens with zero attached hydrogens (tertiary/aromatic N) is 2. The number of rotatable bonds is 7.